The fourth-order valence-corrected chi connectivity index (χ4v) is 2.95. The second-order valence-corrected chi connectivity index (χ2v) is 13.2. The minimum atomic E-state index is -1.38. The number of ether oxygens (including phenoxy) is 1. The quantitative estimate of drug-likeness (QED) is 0.535. The van der Waals surface area contributed by atoms with E-state index >= 15 is 0 Å². The highest BCUT2D eigenvalue weighted by molar-refractivity contribution is 6.83. The lowest BCUT2D eigenvalue weighted by molar-refractivity contribution is 0.0949. The SMILES string of the molecule is CC(C)CNC(=O)c1ccc(CCOc2cccc(C#C[Si](C)(C)C)c2)cc1. The van der Waals surface area contributed by atoms with E-state index in [0.29, 0.717) is 24.6 Å². The van der Waals surface area contributed by atoms with E-state index < -0.39 is 8.07 Å². The third kappa shape index (κ3) is 8.02. The summed E-state index contributed by atoms with van der Waals surface area (Å²) in [5, 5.41) is 2.94. The first-order valence-electron chi connectivity index (χ1n) is 9.86. The molecule has 0 fully saturated rings. The number of rotatable bonds is 7. The van der Waals surface area contributed by atoms with Crippen LogP contribution in [0.4, 0.5) is 0 Å². The Bertz CT molecular complexity index is 839. The highest BCUT2D eigenvalue weighted by Crippen LogP contribution is 2.14. The van der Waals surface area contributed by atoms with E-state index in [0.717, 1.165) is 23.3 Å². The summed E-state index contributed by atoms with van der Waals surface area (Å²) < 4.78 is 5.89. The van der Waals surface area contributed by atoms with Gasteiger partial charge in [-0.25, -0.2) is 0 Å². The monoisotopic (exact) mass is 393 g/mol. The molecule has 0 unspecified atom stereocenters. The lowest BCUT2D eigenvalue weighted by atomic mass is 10.1. The second kappa shape index (κ2) is 10.1. The number of hydrogen-bond acceptors (Lipinski definition) is 2. The van der Waals surface area contributed by atoms with E-state index in [9.17, 15) is 4.79 Å². The highest BCUT2D eigenvalue weighted by atomic mass is 28.3. The first-order chi connectivity index (χ1) is 13.2. The van der Waals surface area contributed by atoms with Crippen molar-refractivity contribution in [3.63, 3.8) is 0 Å². The van der Waals surface area contributed by atoms with Gasteiger partial charge in [-0.3, -0.25) is 4.79 Å². The third-order valence-electron chi connectivity index (χ3n) is 3.96. The molecular weight excluding hydrogens is 362 g/mol. The summed E-state index contributed by atoms with van der Waals surface area (Å²) in [6.07, 6.45) is 0.790. The third-order valence-corrected chi connectivity index (χ3v) is 4.84. The van der Waals surface area contributed by atoms with Gasteiger partial charge in [0.25, 0.3) is 5.91 Å². The number of benzene rings is 2. The van der Waals surface area contributed by atoms with Crippen LogP contribution >= 0.6 is 0 Å². The van der Waals surface area contributed by atoms with Gasteiger partial charge in [0.05, 0.1) is 6.61 Å². The van der Waals surface area contributed by atoms with Crippen molar-refractivity contribution in [2.24, 2.45) is 5.92 Å². The summed E-state index contributed by atoms with van der Waals surface area (Å²) in [5.74, 6) is 4.53. The van der Waals surface area contributed by atoms with Crippen LogP contribution in [0, 0.1) is 17.4 Å². The Kier molecular flexibility index (Phi) is 7.89. The Labute approximate surface area is 170 Å². The van der Waals surface area contributed by atoms with Crippen LogP contribution in [0.15, 0.2) is 48.5 Å². The summed E-state index contributed by atoms with van der Waals surface area (Å²) >= 11 is 0. The van der Waals surface area contributed by atoms with Crippen LogP contribution in [0.1, 0.15) is 35.3 Å². The normalized spacial score (nSPS) is 10.9. The van der Waals surface area contributed by atoms with Gasteiger partial charge in [0, 0.05) is 24.1 Å². The maximum Gasteiger partial charge on any atom is 0.251 e. The van der Waals surface area contributed by atoms with Crippen LogP contribution < -0.4 is 10.1 Å². The van der Waals surface area contributed by atoms with E-state index in [2.05, 4.69) is 50.3 Å². The van der Waals surface area contributed by atoms with Crippen molar-refractivity contribution in [3.05, 3.63) is 65.2 Å². The van der Waals surface area contributed by atoms with Gasteiger partial charge in [-0.1, -0.05) is 57.6 Å². The average Bonchev–Trinajstić information content (AvgIpc) is 2.65. The zero-order valence-electron chi connectivity index (χ0n) is 17.6. The molecule has 0 aliphatic rings. The first kappa shape index (κ1) is 21.8. The van der Waals surface area contributed by atoms with Crippen LogP contribution in [-0.2, 0) is 6.42 Å². The lowest BCUT2D eigenvalue weighted by Crippen LogP contribution is -2.27. The molecule has 3 nitrogen and oxygen atoms in total. The Morgan fingerprint density at radius 1 is 1.11 bits per heavy atom. The molecule has 0 saturated carbocycles. The van der Waals surface area contributed by atoms with Gasteiger partial charge in [-0.15, -0.1) is 5.54 Å². The fraction of sp³-hybridized carbons (Fsp3) is 0.375. The van der Waals surface area contributed by atoms with Crippen LogP contribution in [0.3, 0.4) is 0 Å². The summed E-state index contributed by atoms with van der Waals surface area (Å²) in [6.45, 7) is 12.1. The fourth-order valence-electron chi connectivity index (χ4n) is 2.43. The number of nitrogens with one attached hydrogen (secondary N) is 1. The number of carbonyl (C=O) groups is 1. The van der Waals surface area contributed by atoms with Crippen molar-refractivity contribution in [1.82, 2.24) is 5.32 Å². The zero-order chi connectivity index (χ0) is 20.6. The Morgan fingerprint density at radius 3 is 2.46 bits per heavy atom. The Balaban J connectivity index is 1.86. The van der Waals surface area contributed by atoms with Crippen molar-refractivity contribution >= 4 is 14.0 Å². The van der Waals surface area contributed by atoms with Crippen LogP contribution in [0.2, 0.25) is 19.6 Å². The Hall–Kier alpha value is -2.51. The predicted molar refractivity (Wildman–Crippen MR) is 119 cm³/mol. The van der Waals surface area contributed by atoms with E-state index in [4.69, 9.17) is 4.74 Å². The van der Waals surface area contributed by atoms with Crippen LogP contribution in [0.25, 0.3) is 0 Å². The predicted octanol–water partition coefficient (Wildman–Crippen LogP) is 4.92. The molecular formula is C24H31NO2Si. The summed E-state index contributed by atoms with van der Waals surface area (Å²) in [4.78, 5) is 12.1. The molecule has 4 heteroatoms. The summed E-state index contributed by atoms with van der Waals surface area (Å²) in [7, 11) is -1.38. The van der Waals surface area contributed by atoms with Crippen molar-refractivity contribution in [2.75, 3.05) is 13.2 Å². The van der Waals surface area contributed by atoms with Crippen molar-refractivity contribution in [1.29, 1.82) is 0 Å². The standard InChI is InChI=1S/C24H31NO2Si/c1-19(2)18-25-24(26)22-11-9-20(10-12-22)13-15-27-23-8-6-7-21(17-23)14-16-28(3,4)5/h6-12,17,19H,13,15,18H2,1-5H3,(H,25,26). The zero-order valence-corrected chi connectivity index (χ0v) is 18.6. The second-order valence-electron chi connectivity index (χ2n) is 8.43. The van der Waals surface area contributed by atoms with Gasteiger partial charge in [-0.05, 0) is 41.8 Å². The van der Waals surface area contributed by atoms with E-state index in [-0.39, 0.29) is 5.91 Å². The molecule has 148 valence electrons. The molecule has 1 N–H and O–H groups in total. The summed E-state index contributed by atoms with van der Waals surface area (Å²) in [6, 6.07) is 15.7. The van der Waals surface area contributed by atoms with Gasteiger partial charge < -0.3 is 10.1 Å². The topological polar surface area (TPSA) is 38.3 Å². The molecule has 0 aliphatic heterocycles. The average molecular weight is 394 g/mol. The van der Waals surface area contributed by atoms with Gasteiger partial charge >= 0.3 is 0 Å². The molecule has 0 saturated heterocycles. The van der Waals surface area contributed by atoms with Gasteiger partial charge in [0.1, 0.15) is 13.8 Å². The molecule has 0 aromatic heterocycles. The van der Waals surface area contributed by atoms with Crippen LogP contribution in [-0.4, -0.2) is 27.1 Å². The minimum absolute atomic E-state index is 0.0206. The van der Waals surface area contributed by atoms with E-state index in [1.165, 1.54) is 0 Å². The minimum Gasteiger partial charge on any atom is -0.493 e. The van der Waals surface area contributed by atoms with Gasteiger partial charge in [-0.2, -0.15) is 0 Å². The van der Waals surface area contributed by atoms with Crippen LogP contribution in [0.5, 0.6) is 5.75 Å². The van der Waals surface area contributed by atoms with Gasteiger partial charge in [0.2, 0.25) is 0 Å². The van der Waals surface area contributed by atoms with Gasteiger partial charge in [0.15, 0.2) is 0 Å². The molecule has 28 heavy (non-hydrogen) atoms. The van der Waals surface area contributed by atoms with E-state index in [1.807, 2.05) is 48.5 Å². The molecule has 2 aromatic carbocycles. The maximum absolute atomic E-state index is 12.1. The molecule has 2 rings (SSSR count). The largest absolute Gasteiger partial charge is 0.493 e. The molecule has 0 radical (unpaired) electrons. The molecule has 0 aliphatic carbocycles. The highest BCUT2D eigenvalue weighted by Gasteiger charge is 2.08. The molecule has 0 heterocycles. The van der Waals surface area contributed by atoms with Crippen molar-refractivity contribution in [3.8, 4) is 17.2 Å². The number of carbonyl (C=O) groups excluding carboxylic acids is 1. The maximum atomic E-state index is 12.1. The molecule has 0 atom stereocenters. The van der Waals surface area contributed by atoms with Crippen molar-refractivity contribution in [2.45, 2.75) is 39.9 Å². The Morgan fingerprint density at radius 2 is 1.82 bits per heavy atom. The molecule has 2 aromatic rings. The molecule has 0 spiro atoms. The van der Waals surface area contributed by atoms with E-state index in [1.54, 1.807) is 0 Å². The number of hydrogen-bond donors (Lipinski definition) is 1. The summed E-state index contributed by atoms with van der Waals surface area (Å²) in [5.41, 5.74) is 6.22. The molecule has 0 bridgehead atoms. The molecule has 1 amide bonds. The number of amides is 1. The lowest BCUT2D eigenvalue weighted by Gasteiger charge is -2.09. The van der Waals surface area contributed by atoms with Crippen molar-refractivity contribution < 1.29 is 9.53 Å². The first-order valence-corrected chi connectivity index (χ1v) is 13.4. The smallest absolute Gasteiger partial charge is 0.251 e.